The minimum atomic E-state index is -0.704. The van der Waals surface area contributed by atoms with Gasteiger partial charge in [0.25, 0.3) is 0 Å². The third kappa shape index (κ3) is 5.06. The van der Waals surface area contributed by atoms with Gasteiger partial charge in [0.2, 0.25) is 0 Å². The van der Waals surface area contributed by atoms with Gasteiger partial charge in [-0.3, -0.25) is 4.79 Å². The largest absolute Gasteiger partial charge is 0.481 e. The van der Waals surface area contributed by atoms with Crippen LogP contribution in [0.2, 0.25) is 0 Å². The van der Waals surface area contributed by atoms with E-state index in [0.717, 1.165) is 6.42 Å². The van der Waals surface area contributed by atoms with Crippen molar-refractivity contribution in [3.8, 4) is 0 Å². The number of carboxylic acid groups (broad SMARTS) is 1. The molecular formula is C17H26O2. The van der Waals surface area contributed by atoms with E-state index in [-0.39, 0.29) is 17.8 Å². The van der Waals surface area contributed by atoms with E-state index in [4.69, 9.17) is 5.11 Å². The quantitative estimate of drug-likeness (QED) is 0.860. The van der Waals surface area contributed by atoms with Crippen molar-refractivity contribution in [1.82, 2.24) is 0 Å². The molecule has 1 rings (SSSR count). The summed E-state index contributed by atoms with van der Waals surface area (Å²) in [5, 5.41) is 8.96. The zero-order chi connectivity index (χ0) is 14.6. The lowest BCUT2D eigenvalue weighted by Crippen LogP contribution is -2.17. The summed E-state index contributed by atoms with van der Waals surface area (Å²) in [6, 6.07) is 8.59. The first-order valence-electron chi connectivity index (χ1n) is 7.01. The summed E-state index contributed by atoms with van der Waals surface area (Å²) in [6.45, 7) is 10.8. The molecule has 0 heterocycles. The predicted molar refractivity (Wildman–Crippen MR) is 79.4 cm³/mol. The van der Waals surface area contributed by atoms with Crippen molar-refractivity contribution >= 4 is 5.97 Å². The molecule has 0 aromatic heterocycles. The van der Waals surface area contributed by atoms with Gasteiger partial charge in [-0.05, 0) is 34.8 Å². The number of hydrogen-bond acceptors (Lipinski definition) is 1. The van der Waals surface area contributed by atoms with E-state index in [2.05, 4.69) is 58.9 Å². The number of benzene rings is 1. The number of carboxylic acids is 1. The Morgan fingerprint density at radius 1 is 1.16 bits per heavy atom. The number of hydrogen-bond donors (Lipinski definition) is 1. The molecule has 106 valence electrons. The average molecular weight is 262 g/mol. The van der Waals surface area contributed by atoms with Gasteiger partial charge in [0.15, 0.2) is 0 Å². The molecule has 1 unspecified atom stereocenters. The van der Waals surface area contributed by atoms with Crippen molar-refractivity contribution in [2.45, 2.75) is 52.9 Å². The second-order valence-electron chi connectivity index (χ2n) is 6.75. The van der Waals surface area contributed by atoms with E-state index in [1.807, 2.05) is 0 Å². The fourth-order valence-electron chi connectivity index (χ4n) is 2.21. The lowest BCUT2D eigenvalue weighted by molar-refractivity contribution is -0.138. The molecule has 0 aliphatic rings. The molecule has 0 fully saturated rings. The molecule has 19 heavy (non-hydrogen) atoms. The van der Waals surface area contributed by atoms with Gasteiger partial charge in [0.1, 0.15) is 0 Å². The molecule has 1 aromatic carbocycles. The predicted octanol–water partition coefficient (Wildman–Crippen LogP) is 4.27. The van der Waals surface area contributed by atoms with Crippen molar-refractivity contribution in [1.29, 1.82) is 0 Å². The number of carbonyl (C=O) groups is 1. The van der Waals surface area contributed by atoms with Crippen LogP contribution in [0.3, 0.4) is 0 Å². The van der Waals surface area contributed by atoms with Crippen LogP contribution in [0.1, 0.15) is 52.2 Å². The lowest BCUT2D eigenvalue weighted by atomic mass is 9.84. The van der Waals surface area contributed by atoms with Crippen LogP contribution in [0.4, 0.5) is 0 Å². The zero-order valence-electron chi connectivity index (χ0n) is 12.7. The fraction of sp³-hybridized carbons (Fsp3) is 0.588. The SMILES string of the molecule is CC(C)C(CC(=O)O)Cc1ccc(C(C)(C)C)cc1. The highest BCUT2D eigenvalue weighted by atomic mass is 16.4. The van der Waals surface area contributed by atoms with Gasteiger partial charge in [0.05, 0.1) is 0 Å². The Balaban J connectivity index is 2.78. The molecule has 0 bridgehead atoms. The Hall–Kier alpha value is -1.31. The summed E-state index contributed by atoms with van der Waals surface area (Å²) >= 11 is 0. The standard InChI is InChI=1S/C17H26O2/c1-12(2)14(11-16(18)19)10-13-6-8-15(9-7-13)17(3,4)5/h6-9,12,14H,10-11H2,1-5H3,(H,18,19). The van der Waals surface area contributed by atoms with Crippen LogP contribution in [0.15, 0.2) is 24.3 Å². The molecule has 2 heteroatoms. The third-order valence-corrected chi connectivity index (χ3v) is 3.70. The summed E-state index contributed by atoms with van der Waals surface area (Å²) in [6.07, 6.45) is 1.09. The molecule has 0 saturated heterocycles. The third-order valence-electron chi connectivity index (χ3n) is 3.70. The molecule has 0 aliphatic carbocycles. The van der Waals surface area contributed by atoms with Crippen LogP contribution in [0, 0.1) is 11.8 Å². The van der Waals surface area contributed by atoms with Crippen molar-refractivity contribution in [3.05, 3.63) is 35.4 Å². The molecule has 0 spiro atoms. The highest BCUT2D eigenvalue weighted by Crippen LogP contribution is 2.25. The van der Waals surface area contributed by atoms with Crippen molar-refractivity contribution in [3.63, 3.8) is 0 Å². The lowest BCUT2D eigenvalue weighted by Gasteiger charge is -2.21. The maximum atomic E-state index is 10.9. The summed E-state index contributed by atoms with van der Waals surface area (Å²) in [7, 11) is 0. The fourth-order valence-corrected chi connectivity index (χ4v) is 2.21. The Kier molecular flexibility index (Phi) is 5.16. The number of rotatable bonds is 5. The Bertz CT molecular complexity index is 410. The van der Waals surface area contributed by atoms with Crippen molar-refractivity contribution in [2.24, 2.45) is 11.8 Å². The monoisotopic (exact) mass is 262 g/mol. The van der Waals surface area contributed by atoms with E-state index >= 15 is 0 Å². The minimum Gasteiger partial charge on any atom is -0.481 e. The summed E-state index contributed by atoms with van der Waals surface area (Å²) < 4.78 is 0. The van der Waals surface area contributed by atoms with Gasteiger partial charge in [-0.15, -0.1) is 0 Å². The van der Waals surface area contributed by atoms with Crippen LogP contribution >= 0.6 is 0 Å². The summed E-state index contributed by atoms with van der Waals surface area (Å²) in [5.41, 5.74) is 2.71. The molecule has 0 radical (unpaired) electrons. The molecular weight excluding hydrogens is 236 g/mol. The van der Waals surface area contributed by atoms with Gasteiger partial charge in [-0.2, -0.15) is 0 Å². The van der Waals surface area contributed by atoms with Gasteiger partial charge >= 0.3 is 5.97 Å². The first-order chi connectivity index (χ1) is 8.70. The van der Waals surface area contributed by atoms with Gasteiger partial charge in [-0.1, -0.05) is 58.9 Å². The second kappa shape index (κ2) is 6.23. The van der Waals surface area contributed by atoms with Gasteiger partial charge in [-0.25, -0.2) is 0 Å². The Morgan fingerprint density at radius 2 is 1.68 bits per heavy atom. The van der Waals surface area contributed by atoms with E-state index < -0.39 is 5.97 Å². The molecule has 1 atom stereocenters. The van der Waals surface area contributed by atoms with Crippen LogP contribution in [0.25, 0.3) is 0 Å². The normalized spacial score (nSPS) is 13.6. The maximum Gasteiger partial charge on any atom is 0.303 e. The van der Waals surface area contributed by atoms with Gasteiger partial charge < -0.3 is 5.11 Å². The second-order valence-corrected chi connectivity index (χ2v) is 6.75. The van der Waals surface area contributed by atoms with Crippen molar-refractivity contribution in [2.75, 3.05) is 0 Å². The Morgan fingerprint density at radius 3 is 2.05 bits per heavy atom. The van der Waals surface area contributed by atoms with Crippen LogP contribution < -0.4 is 0 Å². The smallest absolute Gasteiger partial charge is 0.303 e. The van der Waals surface area contributed by atoms with Crippen LogP contribution in [-0.4, -0.2) is 11.1 Å². The number of aliphatic carboxylic acids is 1. The van der Waals surface area contributed by atoms with E-state index in [1.54, 1.807) is 0 Å². The molecule has 1 aromatic rings. The molecule has 2 nitrogen and oxygen atoms in total. The topological polar surface area (TPSA) is 37.3 Å². The molecule has 0 aliphatic heterocycles. The highest BCUT2D eigenvalue weighted by molar-refractivity contribution is 5.67. The van der Waals surface area contributed by atoms with E-state index in [9.17, 15) is 4.79 Å². The maximum absolute atomic E-state index is 10.9. The first-order valence-corrected chi connectivity index (χ1v) is 7.01. The zero-order valence-corrected chi connectivity index (χ0v) is 12.7. The summed E-state index contributed by atoms with van der Waals surface area (Å²) in [4.78, 5) is 10.9. The first kappa shape index (κ1) is 15.7. The van der Waals surface area contributed by atoms with Crippen molar-refractivity contribution < 1.29 is 9.90 Å². The molecule has 1 N–H and O–H groups in total. The molecule has 0 amide bonds. The van der Waals surface area contributed by atoms with Crippen LogP contribution in [0.5, 0.6) is 0 Å². The van der Waals surface area contributed by atoms with Gasteiger partial charge in [0, 0.05) is 6.42 Å². The average Bonchev–Trinajstić information content (AvgIpc) is 2.27. The highest BCUT2D eigenvalue weighted by Gasteiger charge is 2.18. The molecule has 0 saturated carbocycles. The van der Waals surface area contributed by atoms with E-state index in [0.29, 0.717) is 5.92 Å². The van der Waals surface area contributed by atoms with Crippen LogP contribution in [-0.2, 0) is 16.6 Å². The van der Waals surface area contributed by atoms with E-state index in [1.165, 1.54) is 11.1 Å². The minimum absolute atomic E-state index is 0.164. The summed E-state index contributed by atoms with van der Waals surface area (Å²) in [5.74, 6) is -0.110. The Labute approximate surface area is 116 Å².